The Hall–Kier alpha value is -1.53. The Balaban J connectivity index is 2.36. The molecule has 1 atom stereocenters. The molecule has 2 rings (SSSR count). The highest BCUT2D eigenvalue weighted by Gasteiger charge is 2.22. The van der Waals surface area contributed by atoms with Crippen LogP contribution < -0.4 is 4.90 Å². The number of anilines is 1. The third kappa shape index (κ3) is 2.49. The van der Waals surface area contributed by atoms with Gasteiger partial charge in [-0.05, 0) is 31.9 Å². The molecule has 1 fully saturated rings. The van der Waals surface area contributed by atoms with Gasteiger partial charge in [0, 0.05) is 24.3 Å². The monoisotopic (exact) mass is 244 g/mol. The van der Waals surface area contributed by atoms with Gasteiger partial charge in [-0.1, -0.05) is 18.9 Å². The molecule has 0 amide bonds. The van der Waals surface area contributed by atoms with Crippen LogP contribution in [0.25, 0.3) is 0 Å². The van der Waals surface area contributed by atoms with Crippen LogP contribution in [0.15, 0.2) is 18.2 Å². The maximum Gasteiger partial charge on any atom is 0.0992 e. The fourth-order valence-electron chi connectivity index (χ4n) is 2.76. The van der Waals surface area contributed by atoms with E-state index in [1.54, 1.807) is 13.0 Å². The molecule has 0 heterocycles. The highest BCUT2D eigenvalue weighted by atomic mass is 16.3. The van der Waals surface area contributed by atoms with Crippen molar-refractivity contribution >= 4 is 5.69 Å². The highest BCUT2D eigenvalue weighted by molar-refractivity contribution is 5.58. The van der Waals surface area contributed by atoms with Crippen LogP contribution in [0.1, 0.15) is 49.8 Å². The summed E-state index contributed by atoms with van der Waals surface area (Å²) in [6, 6.07) is 8.24. The van der Waals surface area contributed by atoms with Gasteiger partial charge in [0.15, 0.2) is 0 Å². The quantitative estimate of drug-likeness (QED) is 0.889. The summed E-state index contributed by atoms with van der Waals surface area (Å²) in [7, 11) is 2.07. The van der Waals surface area contributed by atoms with E-state index < -0.39 is 6.10 Å². The molecule has 0 saturated heterocycles. The number of aliphatic hydroxyl groups is 1. The van der Waals surface area contributed by atoms with Gasteiger partial charge in [-0.3, -0.25) is 0 Å². The number of hydrogen-bond donors (Lipinski definition) is 1. The summed E-state index contributed by atoms with van der Waals surface area (Å²) >= 11 is 0. The molecular formula is C15H20N2O. The summed E-state index contributed by atoms with van der Waals surface area (Å²) < 4.78 is 0. The minimum atomic E-state index is -0.503. The van der Waals surface area contributed by atoms with Gasteiger partial charge in [0.05, 0.1) is 17.7 Å². The molecule has 1 aromatic rings. The number of aliphatic hydroxyl groups excluding tert-OH is 1. The van der Waals surface area contributed by atoms with Crippen LogP contribution in [0.4, 0.5) is 5.69 Å². The Labute approximate surface area is 109 Å². The lowest BCUT2D eigenvalue weighted by atomic mass is 10.0. The standard InChI is InChI=1S/C15H20N2O/c1-11(18)14-8-7-12(10-16)9-15(14)17(2)13-5-3-4-6-13/h7-9,11,13,18H,3-6H2,1-2H3/t11-/m1/s1. The molecule has 1 aliphatic rings. The molecule has 1 aliphatic carbocycles. The molecule has 1 aromatic carbocycles. The molecule has 0 unspecified atom stereocenters. The first-order chi connectivity index (χ1) is 8.63. The summed E-state index contributed by atoms with van der Waals surface area (Å²) in [6.45, 7) is 1.77. The van der Waals surface area contributed by atoms with Crippen LogP contribution >= 0.6 is 0 Å². The maximum absolute atomic E-state index is 9.85. The first-order valence-corrected chi connectivity index (χ1v) is 6.58. The van der Waals surface area contributed by atoms with Gasteiger partial charge in [-0.15, -0.1) is 0 Å². The minimum Gasteiger partial charge on any atom is -0.389 e. The third-order valence-electron chi connectivity index (χ3n) is 3.86. The van der Waals surface area contributed by atoms with Crippen molar-refractivity contribution in [1.29, 1.82) is 5.26 Å². The Kier molecular flexibility index (Phi) is 3.88. The van der Waals surface area contributed by atoms with Crippen molar-refractivity contribution in [3.63, 3.8) is 0 Å². The molecule has 0 aliphatic heterocycles. The van der Waals surface area contributed by atoms with Crippen LogP contribution in [0.5, 0.6) is 0 Å². The number of hydrogen-bond acceptors (Lipinski definition) is 3. The number of benzene rings is 1. The average Bonchev–Trinajstić information content (AvgIpc) is 2.90. The Morgan fingerprint density at radius 1 is 1.39 bits per heavy atom. The van der Waals surface area contributed by atoms with Crippen molar-refractivity contribution in [3.05, 3.63) is 29.3 Å². The van der Waals surface area contributed by atoms with Gasteiger partial charge < -0.3 is 10.0 Å². The Bertz CT molecular complexity index is 456. The summed E-state index contributed by atoms with van der Waals surface area (Å²) in [5, 5.41) is 18.9. The number of rotatable bonds is 3. The second kappa shape index (κ2) is 5.41. The smallest absolute Gasteiger partial charge is 0.0992 e. The van der Waals surface area contributed by atoms with Crippen molar-refractivity contribution in [2.45, 2.75) is 44.8 Å². The lowest BCUT2D eigenvalue weighted by molar-refractivity contribution is 0.199. The first-order valence-electron chi connectivity index (χ1n) is 6.58. The predicted octanol–water partition coefficient (Wildman–Crippen LogP) is 2.99. The lowest BCUT2D eigenvalue weighted by Gasteiger charge is -2.29. The lowest BCUT2D eigenvalue weighted by Crippen LogP contribution is -2.30. The van der Waals surface area contributed by atoms with E-state index in [1.165, 1.54) is 25.7 Å². The fourth-order valence-corrected chi connectivity index (χ4v) is 2.76. The molecule has 0 aromatic heterocycles. The van der Waals surface area contributed by atoms with E-state index in [2.05, 4.69) is 18.0 Å². The van der Waals surface area contributed by atoms with Crippen LogP contribution in [0.3, 0.4) is 0 Å². The van der Waals surface area contributed by atoms with Gasteiger partial charge in [-0.2, -0.15) is 5.26 Å². The second-order valence-corrected chi connectivity index (χ2v) is 5.11. The van der Waals surface area contributed by atoms with Gasteiger partial charge in [-0.25, -0.2) is 0 Å². The average molecular weight is 244 g/mol. The van der Waals surface area contributed by atoms with Crippen LogP contribution in [0.2, 0.25) is 0 Å². The van der Waals surface area contributed by atoms with E-state index in [0.29, 0.717) is 11.6 Å². The molecular weight excluding hydrogens is 224 g/mol. The molecule has 96 valence electrons. The van der Waals surface area contributed by atoms with Crippen molar-refractivity contribution in [2.75, 3.05) is 11.9 Å². The summed E-state index contributed by atoms with van der Waals surface area (Å²) in [5.41, 5.74) is 2.55. The van der Waals surface area contributed by atoms with Crippen molar-refractivity contribution in [3.8, 4) is 6.07 Å². The molecule has 3 heteroatoms. The molecule has 18 heavy (non-hydrogen) atoms. The molecule has 1 N–H and O–H groups in total. The van der Waals surface area contributed by atoms with Gasteiger partial charge in [0.25, 0.3) is 0 Å². The van der Waals surface area contributed by atoms with Crippen molar-refractivity contribution in [1.82, 2.24) is 0 Å². The number of nitriles is 1. The van der Waals surface area contributed by atoms with Gasteiger partial charge in [0.1, 0.15) is 0 Å². The second-order valence-electron chi connectivity index (χ2n) is 5.11. The molecule has 0 bridgehead atoms. The van der Waals surface area contributed by atoms with Crippen molar-refractivity contribution < 1.29 is 5.11 Å². The van der Waals surface area contributed by atoms with Crippen molar-refractivity contribution in [2.24, 2.45) is 0 Å². The molecule has 1 saturated carbocycles. The van der Waals surface area contributed by atoms with Gasteiger partial charge in [0.2, 0.25) is 0 Å². The Morgan fingerprint density at radius 2 is 2.06 bits per heavy atom. The zero-order chi connectivity index (χ0) is 13.1. The predicted molar refractivity (Wildman–Crippen MR) is 72.4 cm³/mol. The zero-order valence-electron chi connectivity index (χ0n) is 11.1. The molecule has 0 spiro atoms. The maximum atomic E-state index is 9.85. The van der Waals surface area contributed by atoms with E-state index in [9.17, 15) is 5.11 Å². The van der Waals surface area contributed by atoms with Gasteiger partial charge >= 0.3 is 0 Å². The summed E-state index contributed by atoms with van der Waals surface area (Å²) in [6.07, 6.45) is 4.45. The van der Waals surface area contributed by atoms with Crippen LogP contribution in [-0.2, 0) is 0 Å². The molecule has 0 radical (unpaired) electrons. The zero-order valence-corrected chi connectivity index (χ0v) is 11.1. The van der Waals surface area contributed by atoms with E-state index in [1.807, 2.05) is 12.1 Å². The highest BCUT2D eigenvalue weighted by Crippen LogP contribution is 2.32. The first kappa shape index (κ1) is 12.9. The van der Waals surface area contributed by atoms with E-state index in [-0.39, 0.29) is 0 Å². The normalized spacial score (nSPS) is 17.4. The van der Waals surface area contributed by atoms with Crippen LogP contribution in [0, 0.1) is 11.3 Å². The topological polar surface area (TPSA) is 47.3 Å². The SMILES string of the molecule is C[C@@H](O)c1ccc(C#N)cc1N(C)C1CCCC1. The van der Waals surface area contributed by atoms with E-state index >= 15 is 0 Å². The summed E-state index contributed by atoms with van der Waals surface area (Å²) in [4.78, 5) is 2.23. The number of nitrogens with zero attached hydrogens (tertiary/aromatic N) is 2. The minimum absolute atomic E-state index is 0.503. The van der Waals surface area contributed by atoms with E-state index in [4.69, 9.17) is 5.26 Å². The Morgan fingerprint density at radius 3 is 2.61 bits per heavy atom. The van der Waals surface area contributed by atoms with Crippen LogP contribution in [-0.4, -0.2) is 18.2 Å². The fraction of sp³-hybridized carbons (Fsp3) is 0.533. The summed E-state index contributed by atoms with van der Waals surface area (Å²) in [5.74, 6) is 0. The third-order valence-corrected chi connectivity index (χ3v) is 3.86. The van der Waals surface area contributed by atoms with E-state index in [0.717, 1.165) is 11.3 Å². The molecule has 3 nitrogen and oxygen atoms in total. The largest absolute Gasteiger partial charge is 0.389 e.